The van der Waals surface area contributed by atoms with Gasteiger partial charge >= 0.3 is 0 Å². The lowest BCUT2D eigenvalue weighted by molar-refractivity contribution is -0.116. The molecule has 0 aromatic heterocycles. The van der Waals surface area contributed by atoms with E-state index in [2.05, 4.69) is 5.32 Å². The van der Waals surface area contributed by atoms with Crippen LogP contribution in [0.1, 0.15) is 32.3 Å². The molecule has 0 spiro atoms. The highest BCUT2D eigenvalue weighted by Crippen LogP contribution is 2.51. The molecular formula is C21H22FN3O3. The molecule has 1 aromatic rings. The fourth-order valence-corrected chi connectivity index (χ4v) is 4.24. The van der Waals surface area contributed by atoms with E-state index in [4.69, 9.17) is 14.6 Å². The molecule has 2 atom stereocenters. The molecule has 1 N–H and O–H groups in total. The molecule has 146 valence electrons. The van der Waals surface area contributed by atoms with E-state index in [1.165, 1.54) is 12.1 Å². The van der Waals surface area contributed by atoms with E-state index in [-0.39, 0.29) is 24.0 Å². The number of ether oxygens (including phenoxy) is 1. The van der Waals surface area contributed by atoms with Crippen molar-refractivity contribution in [2.45, 2.75) is 44.5 Å². The van der Waals surface area contributed by atoms with Crippen LogP contribution in [0.5, 0.6) is 0 Å². The average molecular weight is 383 g/mol. The lowest BCUT2D eigenvalue weighted by Crippen LogP contribution is -2.42. The van der Waals surface area contributed by atoms with Crippen molar-refractivity contribution in [1.82, 2.24) is 5.32 Å². The third kappa shape index (κ3) is 2.95. The zero-order chi connectivity index (χ0) is 19.5. The maximum Gasteiger partial charge on any atom is 0.269 e. The van der Waals surface area contributed by atoms with Crippen LogP contribution in [0.3, 0.4) is 0 Å². The molecule has 0 radical (unpaired) electrons. The summed E-state index contributed by atoms with van der Waals surface area (Å²) in [5, 5.41) is 4.83. The number of fused-ring (bicyclic) bond motifs is 3. The molecule has 2 saturated heterocycles. The van der Waals surface area contributed by atoms with Gasteiger partial charge < -0.3 is 10.1 Å². The van der Waals surface area contributed by atoms with Crippen LogP contribution >= 0.6 is 0 Å². The largest absolute Gasteiger partial charge is 0.381 e. The van der Waals surface area contributed by atoms with Gasteiger partial charge in [-0.25, -0.2) is 14.3 Å². The maximum atomic E-state index is 13.8. The van der Waals surface area contributed by atoms with Crippen molar-refractivity contribution in [3.05, 3.63) is 47.3 Å². The van der Waals surface area contributed by atoms with Gasteiger partial charge in [0.05, 0.1) is 11.2 Å². The summed E-state index contributed by atoms with van der Waals surface area (Å²) >= 11 is 0. The predicted octanol–water partition coefficient (Wildman–Crippen LogP) is 2.76. The van der Waals surface area contributed by atoms with Gasteiger partial charge in [-0.15, -0.1) is 0 Å². The summed E-state index contributed by atoms with van der Waals surface area (Å²) in [5.41, 5.74) is 3.19. The SMILES string of the molecule is CC1=CC(C)(/C=C2\c3cc(F)ccc3N3OC23)N=C1C(=O)NC1CCOCC1. The van der Waals surface area contributed by atoms with Crippen LogP contribution in [0.15, 0.2) is 40.9 Å². The molecule has 4 heterocycles. The summed E-state index contributed by atoms with van der Waals surface area (Å²) in [4.78, 5) is 23.0. The first kappa shape index (κ1) is 17.6. The molecule has 28 heavy (non-hydrogen) atoms. The number of nitrogens with zero attached hydrogens (tertiary/aromatic N) is 2. The first-order chi connectivity index (χ1) is 13.4. The molecule has 2 unspecified atom stereocenters. The number of hydroxylamine groups is 1. The molecule has 0 bridgehead atoms. The van der Waals surface area contributed by atoms with E-state index in [1.54, 1.807) is 11.1 Å². The van der Waals surface area contributed by atoms with Crippen LogP contribution in [-0.4, -0.2) is 42.6 Å². The molecule has 5 rings (SSSR count). The molecule has 0 aliphatic carbocycles. The third-order valence-electron chi connectivity index (χ3n) is 5.61. The van der Waals surface area contributed by atoms with Crippen molar-refractivity contribution in [3.63, 3.8) is 0 Å². The fraction of sp³-hybridized carbons (Fsp3) is 0.429. The molecule has 2 fully saturated rings. The highest BCUT2D eigenvalue weighted by molar-refractivity contribution is 6.46. The molecule has 4 aliphatic rings. The minimum Gasteiger partial charge on any atom is -0.381 e. The highest BCUT2D eigenvalue weighted by atomic mass is 19.1. The van der Waals surface area contributed by atoms with Gasteiger partial charge in [0.25, 0.3) is 5.91 Å². The average Bonchev–Trinajstić information content (AvgIpc) is 3.32. The van der Waals surface area contributed by atoms with E-state index in [9.17, 15) is 9.18 Å². The van der Waals surface area contributed by atoms with E-state index >= 15 is 0 Å². The number of halogens is 1. The zero-order valence-electron chi connectivity index (χ0n) is 15.9. The molecule has 7 heteroatoms. The number of benzene rings is 1. The van der Waals surface area contributed by atoms with Gasteiger partial charge in [-0.05, 0) is 62.6 Å². The highest BCUT2D eigenvalue weighted by Gasteiger charge is 2.50. The third-order valence-corrected chi connectivity index (χ3v) is 5.61. The number of amides is 1. The smallest absolute Gasteiger partial charge is 0.269 e. The van der Waals surface area contributed by atoms with Crippen molar-refractivity contribution in [3.8, 4) is 0 Å². The van der Waals surface area contributed by atoms with E-state index in [1.807, 2.05) is 26.0 Å². The van der Waals surface area contributed by atoms with Gasteiger partial charge in [-0.1, -0.05) is 0 Å². The Morgan fingerprint density at radius 3 is 2.96 bits per heavy atom. The van der Waals surface area contributed by atoms with Crippen molar-refractivity contribution >= 4 is 22.9 Å². The summed E-state index contributed by atoms with van der Waals surface area (Å²) in [7, 11) is 0. The maximum absolute atomic E-state index is 13.8. The number of anilines is 1. The fourth-order valence-electron chi connectivity index (χ4n) is 4.24. The second-order valence-corrected chi connectivity index (χ2v) is 7.92. The van der Waals surface area contributed by atoms with Gasteiger partial charge in [0.2, 0.25) is 6.23 Å². The number of carbonyl (C=O) groups is 1. The predicted molar refractivity (Wildman–Crippen MR) is 103 cm³/mol. The van der Waals surface area contributed by atoms with E-state index in [0.717, 1.165) is 35.2 Å². The molecule has 1 amide bonds. The summed E-state index contributed by atoms with van der Waals surface area (Å²) < 4.78 is 19.1. The van der Waals surface area contributed by atoms with Gasteiger partial charge in [0.1, 0.15) is 11.5 Å². The Bertz CT molecular complexity index is 948. The van der Waals surface area contributed by atoms with E-state index < -0.39 is 5.54 Å². The van der Waals surface area contributed by atoms with Crippen molar-refractivity contribution in [2.24, 2.45) is 4.99 Å². The Kier molecular flexibility index (Phi) is 3.93. The quantitative estimate of drug-likeness (QED) is 0.815. The molecule has 4 aliphatic heterocycles. The lowest BCUT2D eigenvalue weighted by atomic mass is 9.95. The second-order valence-electron chi connectivity index (χ2n) is 7.92. The van der Waals surface area contributed by atoms with Gasteiger partial charge in [0, 0.05) is 30.4 Å². The molecule has 1 aromatic carbocycles. The second kappa shape index (κ2) is 6.25. The number of hydrogen-bond acceptors (Lipinski definition) is 5. The number of hydrogen-bond donors (Lipinski definition) is 1. The Morgan fingerprint density at radius 1 is 1.39 bits per heavy atom. The first-order valence-electron chi connectivity index (χ1n) is 9.60. The lowest BCUT2D eigenvalue weighted by Gasteiger charge is -2.23. The zero-order valence-corrected chi connectivity index (χ0v) is 15.9. The van der Waals surface area contributed by atoms with Crippen LogP contribution in [-0.2, 0) is 14.4 Å². The summed E-state index contributed by atoms with van der Waals surface area (Å²) in [5.74, 6) is -0.430. The van der Waals surface area contributed by atoms with E-state index in [0.29, 0.717) is 18.9 Å². The molecule has 0 saturated carbocycles. The normalized spacial score (nSPS) is 30.0. The summed E-state index contributed by atoms with van der Waals surface area (Å²) in [6, 6.07) is 4.80. The summed E-state index contributed by atoms with van der Waals surface area (Å²) in [6.07, 6.45) is 5.39. The van der Waals surface area contributed by atoms with Crippen LogP contribution < -0.4 is 10.4 Å². The van der Waals surface area contributed by atoms with Crippen molar-refractivity contribution < 1.29 is 18.8 Å². The van der Waals surface area contributed by atoms with Gasteiger partial charge in [-0.2, -0.15) is 0 Å². The van der Waals surface area contributed by atoms with Crippen LogP contribution in [0.25, 0.3) is 5.57 Å². The van der Waals surface area contributed by atoms with Crippen LogP contribution in [0.4, 0.5) is 10.1 Å². The summed E-state index contributed by atoms with van der Waals surface area (Å²) in [6.45, 7) is 5.18. The van der Waals surface area contributed by atoms with Crippen LogP contribution in [0.2, 0.25) is 0 Å². The number of carbonyl (C=O) groups excluding carboxylic acids is 1. The minimum absolute atomic E-state index is 0.125. The first-order valence-corrected chi connectivity index (χ1v) is 9.60. The van der Waals surface area contributed by atoms with Crippen LogP contribution in [0, 0.1) is 5.82 Å². The minimum atomic E-state index is -0.673. The Hall–Kier alpha value is -2.51. The standard InChI is InChI=1S/C21H22FN3O3/c1-12-10-21(2,24-18(12)19(26)23-14-5-7-27-8-6-14)11-16-15-9-13(22)3-4-17(15)25-20(16)28-25/h3-4,9-11,14,20H,5-8H2,1-2H3,(H,23,26)/b16-11+. The van der Waals surface area contributed by atoms with Crippen molar-refractivity contribution in [1.29, 1.82) is 0 Å². The van der Waals surface area contributed by atoms with Gasteiger partial charge in [0.15, 0.2) is 0 Å². The molecular weight excluding hydrogens is 361 g/mol. The number of rotatable bonds is 3. The topological polar surface area (TPSA) is 66.2 Å². The Morgan fingerprint density at radius 2 is 2.18 bits per heavy atom. The Balaban J connectivity index is 1.41. The molecule has 6 nitrogen and oxygen atoms in total. The Labute approximate surface area is 162 Å². The monoisotopic (exact) mass is 383 g/mol. The van der Waals surface area contributed by atoms with Gasteiger partial charge in [-0.3, -0.25) is 9.79 Å². The van der Waals surface area contributed by atoms with Crippen molar-refractivity contribution in [2.75, 3.05) is 18.3 Å². The number of aliphatic imine (C=N–C) groups is 1. The number of nitrogens with one attached hydrogen (secondary N) is 1.